The van der Waals surface area contributed by atoms with E-state index >= 15 is 0 Å². The minimum atomic E-state index is -0.0391. The standard InChI is InChI=1S/C16H26N2OS/c1-5-19-13(16(2,3)4)14-17-12-10-8-6-7-9-11(12)15(20)18-14/h13H,5-10H2,1-4H3,(H,17,18,20). The molecule has 0 fully saturated rings. The fraction of sp³-hybridized carbons (Fsp3) is 0.750. The topological polar surface area (TPSA) is 37.9 Å². The second-order valence-corrected chi connectivity index (χ2v) is 7.03. The molecule has 20 heavy (non-hydrogen) atoms. The zero-order valence-electron chi connectivity index (χ0n) is 13.1. The maximum Gasteiger partial charge on any atom is 0.137 e. The number of aromatic nitrogens is 2. The van der Waals surface area contributed by atoms with Crippen molar-refractivity contribution in [3.05, 3.63) is 21.7 Å². The molecule has 1 unspecified atom stereocenters. The summed E-state index contributed by atoms with van der Waals surface area (Å²) < 4.78 is 6.70. The summed E-state index contributed by atoms with van der Waals surface area (Å²) in [5.41, 5.74) is 2.54. The predicted octanol–water partition coefficient (Wildman–Crippen LogP) is 4.53. The molecule has 3 nitrogen and oxygen atoms in total. The van der Waals surface area contributed by atoms with Gasteiger partial charge in [0.25, 0.3) is 0 Å². The number of ether oxygens (including phenoxy) is 1. The molecule has 1 aliphatic rings. The summed E-state index contributed by atoms with van der Waals surface area (Å²) in [5, 5.41) is 0. The summed E-state index contributed by atoms with van der Waals surface area (Å²) in [4.78, 5) is 8.18. The van der Waals surface area contributed by atoms with Gasteiger partial charge in [-0.3, -0.25) is 0 Å². The number of hydrogen-bond donors (Lipinski definition) is 1. The van der Waals surface area contributed by atoms with Crippen molar-refractivity contribution in [1.82, 2.24) is 9.97 Å². The Kier molecular flexibility index (Phi) is 4.97. The summed E-state index contributed by atoms with van der Waals surface area (Å²) in [5.74, 6) is 0.894. The Balaban J connectivity index is 2.44. The Hall–Kier alpha value is -0.740. The first-order valence-electron chi connectivity index (χ1n) is 7.67. The normalized spacial score (nSPS) is 17.4. The zero-order valence-corrected chi connectivity index (χ0v) is 13.9. The summed E-state index contributed by atoms with van der Waals surface area (Å²) in [7, 11) is 0. The van der Waals surface area contributed by atoms with Crippen LogP contribution in [-0.2, 0) is 17.6 Å². The molecule has 1 N–H and O–H groups in total. The van der Waals surface area contributed by atoms with Gasteiger partial charge in [-0.25, -0.2) is 4.98 Å². The number of nitrogens with zero attached hydrogens (tertiary/aromatic N) is 1. The number of rotatable bonds is 3. The highest BCUT2D eigenvalue weighted by Crippen LogP contribution is 2.35. The molecule has 1 aromatic rings. The number of fused-ring (bicyclic) bond motifs is 1. The number of H-pyrrole nitrogens is 1. The van der Waals surface area contributed by atoms with Crippen molar-refractivity contribution < 1.29 is 4.74 Å². The van der Waals surface area contributed by atoms with Gasteiger partial charge in [0.2, 0.25) is 0 Å². The molecule has 2 rings (SSSR count). The Morgan fingerprint density at radius 1 is 1.25 bits per heavy atom. The smallest absolute Gasteiger partial charge is 0.137 e. The van der Waals surface area contributed by atoms with Crippen LogP contribution in [0.2, 0.25) is 0 Å². The molecule has 112 valence electrons. The Morgan fingerprint density at radius 3 is 2.60 bits per heavy atom. The number of hydrogen-bond acceptors (Lipinski definition) is 3. The molecule has 0 radical (unpaired) electrons. The van der Waals surface area contributed by atoms with E-state index in [1.807, 2.05) is 6.92 Å². The van der Waals surface area contributed by atoms with E-state index in [9.17, 15) is 0 Å². The first-order chi connectivity index (χ1) is 9.43. The van der Waals surface area contributed by atoms with Gasteiger partial charge in [-0.15, -0.1) is 0 Å². The van der Waals surface area contributed by atoms with Crippen LogP contribution < -0.4 is 0 Å². The van der Waals surface area contributed by atoms with Gasteiger partial charge in [0.15, 0.2) is 0 Å². The van der Waals surface area contributed by atoms with Crippen molar-refractivity contribution in [3.8, 4) is 0 Å². The lowest BCUT2D eigenvalue weighted by Crippen LogP contribution is -2.24. The van der Waals surface area contributed by atoms with E-state index < -0.39 is 0 Å². The van der Waals surface area contributed by atoms with E-state index in [4.69, 9.17) is 17.0 Å². The minimum absolute atomic E-state index is 0.000247. The van der Waals surface area contributed by atoms with Crippen LogP contribution in [0.25, 0.3) is 0 Å². The van der Waals surface area contributed by atoms with Crippen LogP contribution in [0.1, 0.15) is 70.1 Å². The molecule has 0 bridgehead atoms. The van der Waals surface area contributed by atoms with Crippen LogP contribution in [0.15, 0.2) is 0 Å². The third-order valence-corrected chi connectivity index (χ3v) is 4.18. The van der Waals surface area contributed by atoms with Crippen molar-refractivity contribution in [2.75, 3.05) is 6.61 Å². The molecule has 1 atom stereocenters. The van der Waals surface area contributed by atoms with E-state index in [-0.39, 0.29) is 11.5 Å². The van der Waals surface area contributed by atoms with Crippen LogP contribution in [0, 0.1) is 10.1 Å². The van der Waals surface area contributed by atoms with E-state index in [0.717, 1.165) is 23.3 Å². The molecular formula is C16H26N2OS. The lowest BCUT2D eigenvalue weighted by molar-refractivity contribution is -0.0193. The average molecular weight is 294 g/mol. The summed E-state index contributed by atoms with van der Waals surface area (Å²) in [6.45, 7) is 9.24. The van der Waals surface area contributed by atoms with Crippen molar-refractivity contribution in [1.29, 1.82) is 0 Å². The molecule has 1 aliphatic carbocycles. The minimum Gasteiger partial charge on any atom is -0.370 e. The number of nitrogens with one attached hydrogen (secondary N) is 1. The highest BCUT2D eigenvalue weighted by atomic mass is 32.1. The Morgan fingerprint density at radius 2 is 1.95 bits per heavy atom. The van der Waals surface area contributed by atoms with Crippen LogP contribution >= 0.6 is 12.2 Å². The first-order valence-corrected chi connectivity index (χ1v) is 8.08. The zero-order chi connectivity index (χ0) is 14.8. The highest BCUT2D eigenvalue weighted by molar-refractivity contribution is 7.71. The predicted molar refractivity (Wildman–Crippen MR) is 84.5 cm³/mol. The summed E-state index contributed by atoms with van der Waals surface area (Å²) in [6, 6.07) is 0. The van der Waals surface area contributed by atoms with Gasteiger partial charge < -0.3 is 9.72 Å². The second-order valence-electron chi connectivity index (χ2n) is 6.65. The van der Waals surface area contributed by atoms with Crippen molar-refractivity contribution in [2.24, 2.45) is 5.41 Å². The Labute approximate surface area is 127 Å². The monoisotopic (exact) mass is 294 g/mol. The third kappa shape index (κ3) is 3.47. The first kappa shape index (κ1) is 15.6. The third-order valence-electron chi connectivity index (χ3n) is 3.85. The summed E-state index contributed by atoms with van der Waals surface area (Å²) in [6.07, 6.45) is 5.84. The van der Waals surface area contributed by atoms with Gasteiger partial charge in [0.05, 0.1) is 0 Å². The fourth-order valence-corrected chi connectivity index (χ4v) is 3.17. The SMILES string of the molecule is CCOC(c1nc(=S)c2c([nH]1)CCCCC2)C(C)(C)C. The molecule has 4 heteroatoms. The van der Waals surface area contributed by atoms with E-state index in [1.165, 1.54) is 30.5 Å². The van der Waals surface area contributed by atoms with Gasteiger partial charge in [-0.2, -0.15) is 0 Å². The van der Waals surface area contributed by atoms with E-state index in [0.29, 0.717) is 6.61 Å². The lowest BCUT2D eigenvalue weighted by atomic mass is 9.88. The fourth-order valence-electron chi connectivity index (χ4n) is 2.85. The van der Waals surface area contributed by atoms with E-state index in [2.05, 4.69) is 30.7 Å². The van der Waals surface area contributed by atoms with Crippen LogP contribution in [0.5, 0.6) is 0 Å². The largest absolute Gasteiger partial charge is 0.370 e. The molecule has 0 amide bonds. The van der Waals surface area contributed by atoms with Gasteiger partial charge in [0, 0.05) is 17.9 Å². The van der Waals surface area contributed by atoms with Crippen LogP contribution in [0.4, 0.5) is 0 Å². The molecule has 1 aromatic heterocycles. The van der Waals surface area contributed by atoms with Gasteiger partial charge in [0.1, 0.15) is 16.6 Å². The quantitative estimate of drug-likeness (QED) is 0.657. The molecule has 0 saturated carbocycles. The number of aryl methyl sites for hydroxylation is 1. The second kappa shape index (κ2) is 6.35. The number of aromatic amines is 1. The van der Waals surface area contributed by atoms with Crippen molar-refractivity contribution in [2.45, 2.75) is 65.9 Å². The van der Waals surface area contributed by atoms with Gasteiger partial charge in [-0.1, -0.05) is 39.4 Å². The van der Waals surface area contributed by atoms with Crippen molar-refractivity contribution in [3.63, 3.8) is 0 Å². The highest BCUT2D eigenvalue weighted by Gasteiger charge is 2.29. The maximum absolute atomic E-state index is 5.93. The lowest BCUT2D eigenvalue weighted by Gasteiger charge is -2.30. The van der Waals surface area contributed by atoms with Crippen LogP contribution in [0.3, 0.4) is 0 Å². The molecule has 1 heterocycles. The molecule has 0 spiro atoms. The summed E-state index contributed by atoms with van der Waals surface area (Å²) >= 11 is 5.53. The molecule has 0 aromatic carbocycles. The average Bonchev–Trinajstić information content (AvgIpc) is 2.60. The van der Waals surface area contributed by atoms with Gasteiger partial charge >= 0.3 is 0 Å². The maximum atomic E-state index is 5.93. The van der Waals surface area contributed by atoms with Crippen molar-refractivity contribution >= 4 is 12.2 Å². The van der Waals surface area contributed by atoms with E-state index in [1.54, 1.807) is 0 Å². The van der Waals surface area contributed by atoms with Crippen LogP contribution in [-0.4, -0.2) is 16.6 Å². The Bertz CT molecular complexity index is 516. The molecular weight excluding hydrogens is 268 g/mol. The van der Waals surface area contributed by atoms with Gasteiger partial charge in [-0.05, 0) is 38.0 Å². The molecule has 0 aliphatic heterocycles. The molecule has 0 saturated heterocycles.